The van der Waals surface area contributed by atoms with Crippen LogP contribution in [0.15, 0.2) is 88.9 Å². The highest BCUT2D eigenvalue weighted by Gasteiger charge is 2.19. The summed E-state index contributed by atoms with van der Waals surface area (Å²) in [6.07, 6.45) is 0. The number of benzene rings is 3. The second-order valence-corrected chi connectivity index (χ2v) is 7.32. The molecule has 0 unspecified atom stereocenters. The zero-order valence-corrected chi connectivity index (χ0v) is 15.3. The molecule has 0 fully saturated rings. The van der Waals surface area contributed by atoms with Crippen molar-refractivity contribution in [3.63, 3.8) is 0 Å². The van der Waals surface area contributed by atoms with E-state index in [1.54, 1.807) is 48.5 Å². The lowest BCUT2D eigenvalue weighted by atomic mass is 10.0. The number of nitrogens with one attached hydrogen (secondary N) is 1. The molecule has 27 heavy (non-hydrogen) atoms. The zero-order chi connectivity index (χ0) is 19.3. The summed E-state index contributed by atoms with van der Waals surface area (Å²) in [7, 11) is -2.32. The van der Waals surface area contributed by atoms with Gasteiger partial charge in [0.2, 0.25) is 0 Å². The second kappa shape index (κ2) is 7.92. The number of nitrogens with zero attached hydrogens (tertiary/aromatic N) is 1. The van der Waals surface area contributed by atoms with Gasteiger partial charge in [0.25, 0.3) is 10.0 Å². The normalized spacial score (nSPS) is 11.8. The third kappa shape index (κ3) is 4.09. The van der Waals surface area contributed by atoms with E-state index in [0.717, 1.165) is 0 Å². The maximum atomic E-state index is 12.7. The Hall–Kier alpha value is -3.32. The van der Waals surface area contributed by atoms with E-state index in [2.05, 4.69) is 9.88 Å². The van der Waals surface area contributed by atoms with Crippen molar-refractivity contribution in [2.24, 2.45) is 5.16 Å². The summed E-state index contributed by atoms with van der Waals surface area (Å²) in [5, 5.41) is 12.9. The summed E-state index contributed by atoms with van der Waals surface area (Å²) in [6.45, 7) is 0. The van der Waals surface area contributed by atoms with Crippen LogP contribution < -0.4 is 9.46 Å². The minimum absolute atomic E-state index is 0.0975. The molecule has 0 saturated heterocycles. The van der Waals surface area contributed by atoms with E-state index >= 15 is 0 Å². The Labute approximate surface area is 157 Å². The van der Waals surface area contributed by atoms with E-state index in [0.29, 0.717) is 22.6 Å². The van der Waals surface area contributed by atoms with Gasteiger partial charge in [-0.3, -0.25) is 4.72 Å². The Morgan fingerprint density at radius 1 is 0.926 bits per heavy atom. The molecule has 0 aliphatic rings. The summed E-state index contributed by atoms with van der Waals surface area (Å²) < 4.78 is 33.1. The molecule has 0 amide bonds. The largest absolute Gasteiger partial charge is 0.497 e. The molecule has 0 aliphatic heterocycles. The van der Waals surface area contributed by atoms with Crippen molar-refractivity contribution in [2.75, 3.05) is 11.8 Å². The highest BCUT2D eigenvalue weighted by Crippen LogP contribution is 2.24. The number of rotatable bonds is 6. The summed E-state index contributed by atoms with van der Waals surface area (Å²) in [5.74, 6) is 0.563. The van der Waals surface area contributed by atoms with E-state index in [4.69, 9.17) is 4.74 Å². The first-order valence-electron chi connectivity index (χ1n) is 8.09. The topological polar surface area (TPSA) is 88.0 Å². The maximum Gasteiger partial charge on any atom is 0.261 e. The summed E-state index contributed by atoms with van der Waals surface area (Å²) in [5.41, 5.74) is 1.70. The average molecular weight is 382 g/mol. The molecule has 138 valence electrons. The molecule has 6 nitrogen and oxygen atoms in total. The van der Waals surface area contributed by atoms with Crippen LogP contribution >= 0.6 is 0 Å². The maximum absolute atomic E-state index is 12.7. The third-order valence-electron chi connectivity index (χ3n) is 3.94. The Balaban J connectivity index is 1.98. The lowest BCUT2D eigenvalue weighted by molar-refractivity contribution is 0.319. The zero-order valence-electron chi connectivity index (χ0n) is 14.5. The lowest BCUT2D eigenvalue weighted by Crippen LogP contribution is -2.16. The Morgan fingerprint density at radius 3 is 2.19 bits per heavy atom. The average Bonchev–Trinajstić information content (AvgIpc) is 2.70. The van der Waals surface area contributed by atoms with Crippen molar-refractivity contribution >= 4 is 21.4 Å². The Kier molecular flexibility index (Phi) is 5.42. The van der Waals surface area contributed by atoms with Gasteiger partial charge in [0, 0.05) is 11.1 Å². The van der Waals surface area contributed by atoms with Crippen molar-refractivity contribution in [1.29, 1.82) is 0 Å². The molecule has 3 rings (SSSR count). The van der Waals surface area contributed by atoms with E-state index in [-0.39, 0.29) is 10.6 Å². The number of anilines is 1. The first kappa shape index (κ1) is 18.5. The Bertz CT molecular complexity index is 1050. The molecule has 0 spiro atoms. The molecule has 3 aromatic carbocycles. The molecule has 0 atom stereocenters. The van der Waals surface area contributed by atoms with Crippen LogP contribution in [0.1, 0.15) is 11.1 Å². The van der Waals surface area contributed by atoms with E-state index < -0.39 is 10.0 Å². The van der Waals surface area contributed by atoms with Gasteiger partial charge in [-0.1, -0.05) is 53.7 Å². The first-order valence-corrected chi connectivity index (χ1v) is 9.57. The molecule has 0 bridgehead atoms. The SMILES string of the molecule is COc1ccc(S(=O)(=O)Nc2ccccc2/C(=N\O)c2ccccc2)cc1. The quantitative estimate of drug-likeness (QED) is 0.386. The molecule has 2 N–H and O–H groups in total. The molecular weight excluding hydrogens is 364 g/mol. The van der Waals surface area contributed by atoms with Crippen molar-refractivity contribution < 1.29 is 18.4 Å². The van der Waals surface area contributed by atoms with Crippen molar-refractivity contribution in [3.8, 4) is 5.75 Å². The third-order valence-corrected chi connectivity index (χ3v) is 5.32. The summed E-state index contributed by atoms with van der Waals surface area (Å²) in [4.78, 5) is 0.0975. The fourth-order valence-electron chi connectivity index (χ4n) is 2.60. The van der Waals surface area contributed by atoms with Crippen LogP contribution in [0, 0.1) is 0 Å². The molecule has 0 saturated carbocycles. The number of methoxy groups -OCH3 is 1. The minimum Gasteiger partial charge on any atom is -0.497 e. The van der Waals surface area contributed by atoms with Crippen LogP contribution in [0.25, 0.3) is 0 Å². The first-order chi connectivity index (χ1) is 13.0. The Morgan fingerprint density at radius 2 is 1.56 bits per heavy atom. The van der Waals surface area contributed by atoms with E-state index in [1.165, 1.54) is 19.2 Å². The van der Waals surface area contributed by atoms with Crippen LogP contribution in [0.5, 0.6) is 5.75 Å². The number of hydrogen-bond donors (Lipinski definition) is 2. The number of sulfonamides is 1. The molecule has 3 aromatic rings. The minimum atomic E-state index is -3.83. The molecule has 0 radical (unpaired) electrons. The van der Waals surface area contributed by atoms with E-state index in [9.17, 15) is 13.6 Å². The van der Waals surface area contributed by atoms with Gasteiger partial charge < -0.3 is 9.94 Å². The van der Waals surface area contributed by atoms with Gasteiger partial charge in [-0.2, -0.15) is 0 Å². The number of ether oxygens (including phenoxy) is 1. The van der Waals surface area contributed by atoms with Crippen molar-refractivity contribution in [2.45, 2.75) is 4.90 Å². The number of hydrogen-bond acceptors (Lipinski definition) is 5. The predicted octanol–water partition coefficient (Wildman–Crippen LogP) is 3.72. The number of para-hydroxylation sites is 1. The van der Waals surface area contributed by atoms with Crippen LogP contribution in [0.2, 0.25) is 0 Å². The smallest absolute Gasteiger partial charge is 0.261 e. The monoisotopic (exact) mass is 382 g/mol. The van der Waals surface area contributed by atoms with Gasteiger partial charge in [-0.05, 0) is 30.3 Å². The fourth-order valence-corrected chi connectivity index (χ4v) is 3.68. The lowest BCUT2D eigenvalue weighted by Gasteiger charge is -2.14. The molecule has 0 aromatic heterocycles. The highest BCUT2D eigenvalue weighted by molar-refractivity contribution is 7.92. The number of oxime groups is 1. The standard InChI is InChI=1S/C20H18N2O4S/c1-26-16-11-13-17(14-12-16)27(24,25)22-19-10-6-5-9-18(19)20(21-23)15-7-3-2-4-8-15/h2-14,22-23H,1H3/b21-20-. The fraction of sp³-hybridized carbons (Fsp3) is 0.0500. The van der Waals surface area contributed by atoms with Gasteiger partial charge in [-0.25, -0.2) is 8.42 Å². The van der Waals surface area contributed by atoms with Gasteiger partial charge in [0.05, 0.1) is 17.7 Å². The summed E-state index contributed by atoms with van der Waals surface area (Å²) >= 11 is 0. The second-order valence-electron chi connectivity index (χ2n) is 5.64. The van der Waals surface area contributed by atoms with Gasteiger partial charge >= 0.3 is 0 Å². The van der Waals surface area contributed by atoms with Gasteiger partial charge in [0.15, 0.2) is 0 Å². The molecule has 0 aliphatic carbocycles. The van der Waals surface area contributed by atoms with Crippen molar-refractivity contribution in [3.05, 3.63) is 90.0 Å². The molecule has 0 heterocycles. The van der Waals surface area contributed by atoms with Crippen LogP contribution in [-0.2, 0) is 10.0 Å². The van der Waals surface area contributed by atoms with Gasteiger partial charge in [-0.15, -0.1) is 0 Å². The van der Waals surface area contributed by atoms with E-state index in [1.807, 2.05) is 18.2 Å². The highest BCUT2D eigenvalue weighted by atomic mass is 32.2. The van der Waals surface area contributed by atoms with Crippen LogP contribution in [-0.4, -0.2) is 26.4 Å². The van der Waals surface area contributed by atoms with Crippen LogP contribution in [0.4, 0.5) is 5.69 Å². The molecular formula is C20H18N2O4S. The van der Waals surface area contributed by atoms with Crippen molar-refractivity contribution in [1.82, 2.24) is 0 Å². The summed E-state index contributed by atoms with van der Waals surface area (Å²) in [6, 6.07) is 21.8. The van der Waals surface area contributed by atoms with Crippen LogP contribution in [0.3, 0.4) is 0 Å². The predicted molar refractivity (Wildman–Crippen MR) is 104 cm³/mol. The molecule has 7 heteroatoms. The van der Waals surface area contributed by atoms with Gasteiger partial charge in [0.1, 0.15) is 11.5 Å².